The van der Waals surface area contributed by atoms with Crippen molar-refractivity contribution in [2.75, 3.05) is 0 Å². The van der Waals surface area contributed by atoms with E-state index in [1.807, 2.05) is 12.1 Å². The topological polar surface area (TPSA) is 72.8 Å². The van der Waals surface area contributed by atoms with Crippen LogP contribution in [-0.4, -0.2) is 17.0 Å². The SMILES string of the molecule is O=C(/C=C/c1ccc(CO)o1)/C=C/c1ccc(COC2CCC2)o1. The maximum atomic E-state index is 11.8. The Labute approximate surface area is 140 Å². The van der Waals surface area contributed by atoms with Gasteiger partial charge in [0.2, 0.25) is 0 Å². The number of hydrogen-bond donors (Lipinski definition) is 1. The molecule has 0 amide bonds. The molecule has 126 valence electrons. The zero-order chi connectivity index (χ0) is 16.8. The molecule has 1 fully saturated rings. The molecule has 1 aliphatic rings. The Balaban J connectivity index is 1.49. The lowest BCUT2D eigenvalue weighted by Crippen LogP contribution is -2.20. The molecular formula is C19H20O5. The van der Waals surface area contributed by atoms with Crippen molar-refractivity contribution >= 4 is 17.9 Å². The third-order valence-corrected chi connectivity index (χ3v) is 3.86. The first-order chi connectivity index (χ1) is 11.7. The molecule has 2 aromatic rings. The van der Waals surface area contributed by atoms with Crippen molar-refractivity contribution in [3.8, 4) is 0 Å². The van der Waals surface area contributed by atoms with Crippen LogP contribution >= 0.6 is 0 Å². The van der Waals surface area contributed by atoms with Gasteiger partial charge in [-0.15, -0.1) is 0 Å². The van der Waals surface area contributed by atoms with E-state index in [1.54, 1.807) is 24.3 Å². The van der Waals surface area contributed by atoms with Crippen molar-refractivity contribution in [3.05, 3.63) is 59.5 Å². The summed E-state index contributed by atoms with van der Waals surface area (Å²) in [5.41, 5.74) is 0. The molecule has 0 radical (unpaired) electrons. The summed E-state index contributed by atoms with van der Waals surface area (Å²) in [6.07, 6.45) is 9.89. The molecule has 0 unspecified atom stereocenters. The molecule has 0 aliphatic heterocycles. The summed E-state index contributed by atoms with van der Waals surface area (Å²) in [4.78, 5) is 11.8. The van der Waals surface area contributed by atoms with Gasteiger partial charge in [0.25, 0.3) is 0 Å². The number of aliphatic hydroxyl groups is 1. The van der Waals surface area contributed by atoms with Gasteiger partial charge in [0, 0.05) is 0 Å². The molecule has 0 atom stereocenters. The van der Waals surface area contributed by atoms with Gasteiger partial charge in [-0.3, -0.25) is 4.79 Å². The van der Waals surface area contributed by atoms with Crippen molar-refractivity contribution in [1.29, 1.82) is 0 Å². The van der Waals surface area contributed by atoms with E-state index in [9.17, 15) is 4.79 Å². The van der Waals surface area contributed by atoms with Crippen LogP contribution in [0.3, 0.4) is 0 Å². The highest BCUT2D eigenvalue weighted by molar-refractivity contribution is 6.04. The summed E-state index contributed by atoms with van der Waals surface area (Å²) in [5.74, 6) is 2.18. The Hall–Kier alpha value is -2.37. The molecule has 2 heterocycles. The number of ketones is 1. The average Bonchev–Trinajstić information content (AvgIpc) is 3.18. The van der Waals surface area contributed by atoms with Gasteiger partial charge in [0.1, 0.15) is 36.3 Å². The molecule has 2 aromatic heterocycles. The fourth-order valence-electron chi connectivity index (χ4n) is 2.25. The maximum Gasteiger partial charge on any atom is 0.178 e. The van der Waals surface area contributed by atoms with Crippen LogP contribution in [0.5, 0.6) is 0 Å². The van der Waals surface area contributed by atoms with Gasteiger partial charge in [0.15, 0.2) is 5.78 Å². The lowest BCUT2D eigenvalue weighted by atomic mass is 9.96. The summed E-state index contributed by atoms with van der Waals surface area (Å²) in [6.45, 7) is 0.311. The van der Waals surface area contributed by atoms with Crippen LogP contribution < -0.4 is 0 Å². The summed E-state index contributed by atoms with van der Waals surface area (Å²) < 4.78 is 16.5. The molecule has 0 aromatic carbocycles. The lowest BCUT2D eigenvalue weighted by Gasteiger charge is -2.24. The Morgan fingerprint density at radius 1 is 1.08 bits per heavy atom. The second-order valence-electron chi connectivity index (χ2n) is 5.70. The molecule has 0 bridgehead atoms. The van der Waals surface area contributed by atoms with E-state index in [-0.39, 0.29) is 12.4 Å². The molecule has 0 saturated heterocycles. The zero-order valence-electron chi connectivity index (χ0n) is 13.3. The number of rotatable bonds is 8. The maximum absolute atomic E-state index is 11.8. The fraction of sp³-hybridized carbons (Fsp3) is 0.316. The summed E-state index contributed by atoms with van der Waals surface area (Å²) in [6, 6.07) is 7.03. The quantitative estimate of drug-likeness (QED) is 0.748. The van der Waals surface area contributed by atoms with Gasteiger partial charge in [0.05, 0.1) is 6.10 Å². The Kier molecular flexibility index (Phi) is 5.46. The van der Waals surface area contributed by atoms with Crippen molar-refractivity contribution in [2.24, 2.45) is 0 Å². The number of aliphatic hydroxyl groups excluding tert-OH is 1. The van der Waals surface area contributed by atoms with Crippen molar-refractivity contribution in [3.63, 3.8) is 0 Å². The number of hydrogen-bond acceptors (Lipinski definition) is 5. The number of carbonyl (C=O) groups is 1. The summed E-state index contributed by atoms with van der Waals surface area (Å²) >= 11 is 0. The predicted octanol–water partition coefficient (Wildman–Crippen LogP) is 3.73. The third-order valence-electron chi connectivity index (χ3n) is 3.86. The van der Waals surface area contributed by atoms with Gasteiger partial charge in [-0.1, -0.05) is 0 Å². The molecule has 3 rings (SSSR count). The van der Waals surface area contributed by atoms with Crippen LogP contribution in [-0.2, 0) is 22.7 Å². The average molecular weight is 328 g/mol. The van der Waals surface area contributed by atoms with Crippen LogP contribution in [0, 0.1) is 0 Å². The minimum atomic E-state index is -0.180. The second kappa shape index (κ2) is 7.95. The van der Waals surface area contributed by atoms with E-state index in [0.29, 0.717) is 30.0 Å². The molecule has 1 N–H and O–H groups in total. The first kappa shape index (κ1) is 16.5. The molecule has 1 saturated carbocycles. The van der Waals surface area contributed by atoms with E-state index in [2.05, 4.69) is 0 Å². The zero-order valence-corrected chi connectivity index (χ0v) is 13.3. The van der Waals surface area contributed by atoms with E-state index < -0.39 is 0 Å². The van der Waals surface area contributed by atoms with E-state index in [4.69, 9.17) is 18.7 Å². The molecule has 1 aliphatic carbocycles. The largest absolute Gasteiger partial charge is 0.459 e. The standard InChI is InChI=1S/C19H20O5/c20-12-18-10-8-16(23-18)6-4-14(21)5-7-17-9-11-19(24-17)13-22-15-2-1-3-15/h4-11,15,20H,1-3,12-13H2/b6-4+,7-5+. The first-order valence-electron chi connectivity index (χ1n) is 8.03. The molecule has 24 heavy (non-hydrogen) atoms. The van der Waals surface area contributed by atoms with Crippen molar-refractivity contribution < 1.29 is 23.5 Å². The van der Waals surface area contributed by atoms with Gasteiger partial charge >= 0.3 is 0 Å². The number of carbonyl (C=O) groups excluding carboxylic acids is 1. The third kappa shape index (κ3) is 4.57. The highest BCUT2D eigenvalue weighted by Gasteiger charge is 2.18. The van der Waals surface area contributed by atoms with Gasteiger partial charge in [-0.2, -0.15) is 0 Å². The smallest absolute Gasteiger partial charge is 0.178 e. The van der Waals surface area contributed by atoms with Crippen LogP contribution in [0.1, 0.15) is 42.3 Å². The van der Waals surface area contributed by atoms with Crippen LogP contribution in [0.25, 0.3) is 12.2 Å². The van der Waals surface area contributed by atoms with E-state index in [1.165, 1.54) is 18.6 Å². The summed E-state index contributed by atoms with van der Waals surface area (Å²) in [7, 11) is 0. The van der Waals surface area contributed by atoms with Crippen LogP contribution in [0.2, 0.25) is 0 Å². The predicted molar refractivity (Wildman–Crippen MR) is 88.8 cm³/mol. The highest BCUT2D eigenvalue weighted by atomic mass is 16.5. The van der Waals surface area contributed by atoms with Crippen molar-refractivity contribution in [2.45, 2.75) is 38.6 Å². The molecular weight excluding hydrogens is 308 g/mol. The van der Waals surface area contributed by atoms with Crippen LogP contribution in [0.15, 0.2) is 45.3 Å². The number of ether oxygens (including phenoxy) is 1. The Bertz CT molecular complexity index is 731. The first-order valence-corrected chi connectivity index (χ1v) is 8.03. The molecule has 5 heteroatoms. The molecule has 0 spiro atoms. The Morgan fingerprint density at radius 3 is 2.25 bits per heavy atom. The van der Waals surface area contributed by atoms with E-state index >= 15 is 0 Å². The van der Waals surface area contributed by atoms with Gasteiger partial charge < -0.3 is 18.7 Å². The number of furan rings is 2. The fourth-order valence-corrected chi connectivity index (χ4v) is 2.25. The van der Waals surface area contributed by atoms with Gasteiger partial charge in [-0.05, 0) is 67.8 Å². The lowest BCUT2D eigenvalue weighted by molar-refractivity contribution is -0.110. The minimum Gasteiger partial charge on any atom is -0.459 e. The number of allylic oxidation sites excluding steroid dienone is 2. The Morgan fingerprint density at radius 2 is 1.71 bits per heavy atom. The van der Waals surface area contributed by atoms with Gasteiger partial charge in [-0.25, -0.2) is 0 Å². The normalized spacial score (nSPS) is 15.4. The highest BCUT2D eigenvalue weighted by Crippen LogP contribution is 2.23. The molecule has 5 nitrogen and oxygen atoms in total. The summed E-state index contributed by atoms with van der Waals surface area (Å²) in [5, 5.41) is 8.91. The van der Waals surface area contributed by atoms with Crippen molar-refractivity contribution in [1.82, 2.24) is 0 Å². The van der Waals surface area contributed by atoms with E-state index in [0.717, 1.165) is 18.6 Å². The monoisotopic (exact) mass is 328 g/mol. The minimum absolute atomic E-state index is 0.160. The second-order valence-corrected chi connectivity index (χ2v) is 5.70. The van der Waals surface area contributed by atoms with Crippen LogP contribution in [0.4, 0.5) is 0 Å².